The van der Waals surface area contributed by atoms with E-state index in [1.54, 1.807) is 7.11 Å². The number of aliphatic imine (C=N–C) groups is 1. The van der Waals surface area contributed by atoms with Crippen LogP contribution >= 0.6 is 23.4 Å². The van der Waals surface area contributed by atoms with E-state index in [1.807, 2.05) is 74.2 Å². The Kier molecular flexibility index (Phi) is 6.63. The summed E-state index contributed by atoms with van der Waals surface area (Å²) in [5, 5.41) is 1.50. The molecule has 5 nitrogen and oxygen atoms in total. The number of thioether (sulfide) groups is 1. The van der Waals surface area contributed by atoms with Crippen molar-refractivity contribution < 1.29 is 9.53 Å². The number of carbonyl (C=O) groups excluding carboxylic acids is 1. The van der Waals surface area contributed by atoms with E-state index in [4.69, 9.17) is 21.3 Å². The number of rotatable bonds is 6. The van der Waals surface area contributed by atoms with Gasteiger partial charge in [-0.15, -0.1) is 0 Å². The summed E-state index contributed by atoms with van der Waals surface area (Å²) in [6, 6.07) is 15.6. The van der Waals surface area contributed by atoms with Crippen molar-refractivity contribution in [2.45, 2.75) is 26.8 Å². The lowest BCUT2D eigenvalue weighted by molar-refractivity contribution is -0.126. The molecule has 0 aromatic heterocycles. The van der Waals surface area contributed by atoms with E-state index in [2.05, 4.69) is 11.0 Å². The lowest BCUT2D eigenvalue weighted by Gasteiger charge is -2.32. The zero-order valence-corrected chi connectivity index (χ0v) is 20.2. The predicted octanol–water partition coefficient (Wildman–Crippen LogP) is 5.95. The minimum absolute atomic E-state index is 0.0513. The number of likely N-dealkylation sites (N-methyl/N-ethyl adjacent to an activating group) is 1. The van der Waals surface area contributed by atoms with Crippen molar-refractivity contribution in [1.29, 1.82) is 0 Å². The molecule has 2 aliphatic heterocycles. The first-order valence-electron chi connectivity index (χ1n) is 10.6. The molecule has 32 heavy (non-hydrogen) atoms. The summed E-state index contributed by atoms with van der Waals surface area (Å²) in [6.07, 6.45) is 2.14. The van der Waals surface area contributed by atoms with E-state index < -0.39 is 0 Å². The van der Waals surface area contributed by atoms with Crippen molar-refractivity contribution in [1.82, 2.24) is 9.80 Å². The van der Waals surface area contributed by atoms with Gasteiger partial charge in [0.05, 0.1) is 23.8 Å². The molecule has 166 valence electrons. The highest BCUT2D eigenvalue weighted by molar-refractivity contribution is 8.18. The fourth-order valence-corrected chi connectivity index (χ4v) is 5.18. The number of amides is 1. The Hall–Kier alpha value is -2.70. The Morgan fingerprint density at radius 2 is 1.78 bits per heavy atom. The van der Waals surface area contributed by atoms with Crippen molar-refractivity contribution in [3.8, 4) is 5.75 Å². The number of hydrogen-bond acceptors (Lipinski definition) is 5. The molecule has 2 aromatic rings. The maximum atomic E-state index is 13.2. The molecule has 1 amide bonds. The summed E-state index contributed by atoms with van der Waals surface area (Å²) in [5.74, 6) is 0.851. The topological polar surface area (TPSA) is 45.1 Å². The van der Waals surface area contributed by atoms with E-state index in [1.165, 1.54) is 11.8 Å². The summed E-state index contributed by atoms with van der Waals surface area (Å²) in [7, 11) is 1.65. The van der Waals surface area contributed by atoms with Gasteiger partial charge in [0.2, 0.25) is 0 Å². The normalized spacial score (nSPS) is 17.7. The van der Waals surface area contributed by atoms with Crippen molar-refractivity contribution in [2.75, 3.05) is 20.2 Å². The van der Waals surface area contributed by atoms with Gasteiger partial charge in [0.1, 0.15) is 5.75 Å². The second-order valence-electron chi connectivity index (χ2n) is 7.54. The molecular formula is C25H26ClN3O2S. The molecule has 0 spiro atoms. The third-order valence-electron chi connectivity index (χ3n) is 5.74. The number of benzene rings is 2. The molecule has 4 rings (SSSR count). The summed E-state index contributed by atoms with van der Waals surface area (Å²) in [6.45, 7) is 7.36. The molecule has 0 aliphatic carbocycles. The maximum Gasteiger partial charge on any atom is 0.262 e. The zero-order chi connectivity index (χ0) is 22.8. The van der Waals surface area contributed by atoms with Crippen molar-refractivity contribution in [3.63, 3.8) is 0 Å². The van der Waals surface area contributed by atoms with Crippen molar-refractivity contribution >= 4 is 40.1 Å². The first-order valence-corrected chi connectivity index (χ1v) is 11.8. The third kappa shape index (κ3) is 4.17. The van der Waals surface area contributed by atoms with Gasteiger partial charge in [-0.3, -0.25) is 4.79 Å². The van der Waals surface area contributed by atoms with Gasteiger partial charge in [-0.25, -0.2) is 4.99 Å². The van der Waals surface area contributed by atoms with Crippen LogP contribution < -0.4 is 4.74 Å². The number of allylic oxidation sites excluding steroid dienone is 1. The number of halogens is 1. The minimum Gasteiger partial charge on any atom is -0.497 e. The molecule has 0 bridgehead atoms. The summed E-state index contributed by atoms with van der Waals surface area (Å²) in [4.78, 5) is 22.9. The Morgan fingerprint density at radius 3 is 2.38 bits per heavy atom. The van der Waals surface area contributed by atoms with Gasteiger partial charge < -0.3 is 14.5 Å². The molecule has 0 saturated heterocycles. The van der Waals surface area contributed by atoms with Gasteiger partial charge in [0.25, 0.3) is 5.91 Å². The number of methoxy groups -OCH3 is 1. The molecule has 0 radical (unpaired) electrons. The van der Waals surface area contributed by atoms with Crippen LogP contribution in [0.2, 0.25) is 5.02 Å². The maximum absolute atomic E-state index is 13.2. The first kappa shape index (κ1) is 22.5. The van der Waals surface area contributed by atoms with Crippen LogP contribution in [0.25, 0.3) is 5.70 Å². The van der Waals surface area contributed by atoms with Crippen LogP contribution in [0.15, 0.2) is 70.2 Å². The highest BCUT2D eigenvalue weighted by Crippen LogP contribution is 2.45. The van der Waals surface area contributed by atoms with Crippen LogP contribution in [0.3, 0.4) is 0 Å². The number of hydrogen-bond donors (Lipinski definition) is 0. The number of amidine groups is 1. The van der Waals surface area contributed by atoms with Crippen molar-refractivity contribution in [2.24, 2.45) is 4.99 Å². The SMILES string of the molecule is CCN(CC)C(=O)C1=C(C)N2C(=NC(c3ccc(OC)cc3)=CC2c2ccc(Cl)cc2)S1. The van der Waals surface area contributed by atoms with Crippen molar-refractivity contribution in [3.05, 3.63) is 81.4 Å². The molecule has 0 N–H and O–H groups in total. The Morgan fingerprint density at radius 1 is 1.12 bits per heavy atom. The Bertz CT molecular complexity index is 1100. The van der Waals surface area contributed by atoms with Crippen LogP contribution in [0, 0.1) is 0 Å². The average Bonchev–Trinajstić information content (AvgIpc) is 3.16. The second-order valence-corrected chi connectivity index (χ2v) is 8.95. The summed E-state index contributed by atoms with van der Waals surface area (Å²) in [5.41, 5.74) is 3.88. The van der Waals surface area contributed by atoms with Gasteiger partial charge in [0, 0.05) is 29.4 Å². The lowest BCUT2D eigenvalue weighted by Crippen LogP contribution is -2.32. The van der Waals surface area contributed by atoms with Crippen LogP contribution in [-0.2, 0) is 4.79 Å². The average molecular weight is 468 g/mol. The molecular weight excluding hydrogens is 442 g/mol. The molecule has 1 unspecified atom stereocenters. The molecule has 2 aromatic carbocycles. The lowest BCUT2D eigenvalue weighted by atomic mass is 10.00. The predicted molar refractivity (Wildman–Crippen MR) is 133 cm³/mol. The van der Waals surface area contributed by atoms with E-state index in [9.17, 15) is 4.79 Å². The van der Waals surface area contributed by atoms with Gasteiger partial charge in [-0.1, -0.05) is 23.7 Å². The smallest absolute Gasteiger partial charge is 0.262 e. The highest BCUT2D eigenvalue weighted by Gasteiger charge is 2.38. The minimum atomic E-state index is -0.0913. The number of carbonyl (C=O) groups is 1. The fraction of sp³-hybridized carbons (Fsp3) is 0.280. The summed E-state index contributed by atoms with van der Waals surface area (Å²) < 4.78 is 5.30. The number of ether oxygens (including phenoxy) is 1. The second kappa shape index (κ2) is 9.43. The molecule has 1 atom stereocenters. The molecule has 2 aliphatic rings. The number of nitrogens with zero attached hydrogens (tertiary/aromatic N) is 3. The van der Waals surface area contributed by atoms with E-state index >= 15 is 0 Å². The zero-order valence-electron chi connectivity index (χ0n) is 18.6. The standard InChI is InChI=1S/C25H26ClN3O2S/c1-5-28(6-2)24(30)23-16(3)29-22(18-7-11-19(26)12-8-18)15-21(27-25(29)32-23)17-9-13-20(31-4)14-10-17/h7-15,22H,5-6H2,1-4H3. The molecule has 7 heteroatoms. The largest absolute Gasteiger partial charge is 0.497 e. The van der Waals surface area contributed by atoms with E-state index in [0.717, 1.165) is 38.3 Å². The van der Waals surface area contributed by atoms with E-state index in [0.29, 0.717) is 18.1 Å². The number of fused-ring (bicyclic) bond motifs is 1. The Balaban J connectivity index is 1.78. The van der Waals surface area contributed by atoms with Gasteiger partial charge in [0.15, 0.2) is 5.17 Å². The van der Waals surface area contributed by atoms with Crippen LogP contribution in [0.5, 0.6) is 5.75 Å². The van der Waals surface area contributed by atoms with Crippen LogP contribution in [-0.4, -0.2) is 41.1 Å². The molecule has 0 fully saturated rings. The molecule has 0 saturated carbocycles. The van der Waals surface area contributed by atoms with Gasteiger partial charge >= 0.3 is 0 Å². The van der Waals surface area contributed by atoms with Crippen LogP contribution in [0.1, 0.15) is 37.9 Å². The van der Waals surface area contributed by atoms with Gasteiger partial charge in [-0.05, 0) is 80.6 Å². The highest BCUT2D eigenvalue weighted by atomic mass is 35.5. The van der Waals surface area contributed by atoms with Gasteiger partial charge in [-0.2, -0.15) is 0 Å². The quantitative estimate of drug-likeness (QED) is 0.526. The summed E-state index contributed by atoms with van der Waals surface area (Å²) >= 11 is 7.60. The third-order valence-corrected chi connectivity index (χ3v) is 7.14. The van der Waals surface area contributed by atoms with Crippen LogP contribution in [0.4, 0.5) is 0 Å². The Labute approximate surface area is 198 Å². The van der Waals surface area contributed by atoms with E-state index in [-0.39, 0.29) is 11.9 Å². The first-order chi connectivity index (χ1) is 15.5. The fourth-order valence-electron chi connectivity index (χ4n) is 3.92. The molecule has 2 heterocycles. The monoisotopic (exact) mass is 467 g/mol.